The van der Waals surface area contributed by atoms with Crippen molar-refractivity contribution >= 4 is 53.5 Å². The van der Waals surface area contributed by atoms with Crippen molar-refractivity contribution in [2.45, 2.75) is 11.4 Å². The molecule has 0 unspecified atom stereocenters. The van der Waals surface area contributed by atoms with Crippen LogP contribution in [0.2, 0.25) is 5.15 Å². The highest BCUT2D eigenvalue weighted by atomic mass is 79.9. The number of benzene rings is 1. The Morgan fingerprint density at radius 1 is 1.20 bits per heavy atom. The van der Waals surface area contributed by atoms with Crippen molar-refractivity contribution in [3.05, 3.63) is 56.2 Å². The fourth-order valence-corrected chi connectivity index (χ4v) is 3.45. The molecular weight excluding hydrogens is 431 g/mol. The molecule has 2 rings (SSSR count). The third-order valence-corrected chi connectivity index (χ3v) is 5.77. The van der Waals surface area contributed by atoms with Gasteiger partial charge in [-0.2, -0.15) is 0 Å². The maximum Gasteiger partial charge on any atom is 0.242 e. The molecule has 2 aromatic rings. The van der Waals surface area contributed by atoms with Gasteiger partial charge in [0.25, 0.3) is 0 Å². The minimum Gasteiger partial charge on any atom is -0.242 e. The molecule has 0 aliphatic rings. The number of rotatable bonds is 4. The van der Waals surface area contributed by atoms with Gasteiger partial charge in [0, 0.05) is 17.2 Å². The minimum absolute atomic E-state index is 0.0563. The van der Waals surface area contributed by atoms with Gasteiger partial charge in [0.1, 0.15) is 10.0 Å². The maximum atomic E-state index is 12.1. The van der Waals surface area contributed by atoms with Crippen molar-refractivity contribution in [2.24, 2.45) is 0 Å². The first-order chi connectivity index (χ1) is 9.40. The summed E-state index contributed by atoms with van der Waals surface area (Å²) in [5, 5.41) is 0.217. The summed E-state index contributed by atoms with van der Waals surface area (Å²) in [5.41, 5.74) is 0.845. The second kappa shape index (κ2) is 6.53. The predicted molar refractivity (Wildman–Crippen MR) is 85.1 cm³/mol. The van der Waals surface area contributed by atoms with Crippen LogP contribution < -0.4 is 4.72 Å². The third-order valence-electron chi connectivity index (χ3n) is 2.49. The first-order valence-corrected chi connectivity index (χ1v) is 8.89. The van der Waals surface area contributed by atoms with Gasteiger partial charge in [0.15, 0.2) is 0 Å². The van der Waals surface area contributed by atoms with E-state index < -0.39 is 10.0 Å². The van der Waals surface area contributed by atoms with Crippen LogP contribution in [0.15, 0.2) is 50.4 Å². The molecule has 1 aromatic heterocycles. The number of nitrogens with zero attached hydrogens (tertiary/aromatic N) is 1. The Balaban J connectivity index is 2.19. The molecule has 4 nitrogen and oxygen atoms in total. The van der Waals surface area contributed by atoms with Gasteiger partial charge in [-0.15, -0.1) is 0 Å². The number of halogens is 3. The number of aromatic nitrogens is 1. The molecule has 1 heterocycles. The topological polar surface area (TPSA) is 59.1 Å². The van der Waals surface area contributed by atoms with Crippen molar-refractivity contribution in [3.63, 3.8) is 0 Å². The van der Waals surface area contributed by atoms with Crippen LogP contribution in [0.4, 0.5) is 0 Å². The summed E-state index contributed by atoms with van der Waals surface area (Å²) < 4.78 is 28.1. The van der Waals surface area contributed by atoms with Gasteiger partial charge in [-0.25, -0.2) is 18.1 Å². The molecule has 0 saturated carbocycles. The zero-order valence-electron chi connectivity index (χ0n) is 9.98. The quantitative estimate of drug-likeness (QED) is 0.737. The number of sulfonamides is 1. The Morgan fingerprint density at radius 2 is 1.90 bits per heavy atom. The van der Waals surface area contributed by atoms with E-state index in [2.05, 4.69) is 41.6 Å². The number of hydrogen-bond donors (Lipinski definition) is 1. The van der Waals surface area contributed by atoms with Gasteiger partial charge < -0.3 is 0 Å². The number of pyridine rings is 1. The van der Waals surface area contributed by atoms with Gasteiger partial charge in [-0.3, -0.25) is 0 Å². The van der Waals surface area contributed by atoms with Gasteiger partial charge in [0.05, 0.1) is 4.47 Å². The molecule has 8 heteroatoms. The third kappa shape index (κ3) is 3.79. The van der Waals surface area contributed by atoms with E-state index in [-0.39, 0.29) is 16.6 Å². The smallest absolute Gasteiger partial charge is 0.242 e. The van der Waals surface area contributed by atoms with Gasteiger partial charge in [0.2, 0.25) is 10.0 Å². The normalized spacial score (nSPS) is 11.6. The van der Waals surface area contributed by atoms with Crippen molar-refractivity contribution in [1.82, 2.24) is 9.71 Å². The minimum atomic E-state index is -3.64. The summed E-state index contributed by atoms with van der Waals surface area (Å²) in [6, 6.07) is 8.81. The van der Waals surface area contributed by atoms with Crippen LogP contribution in [0.25, 0.3) is 0 Å². The molecule has 1 N–H and O–H groups in total. The number of hydrogen-bond acceptors (Lipinski definition) is 3. The molecule has 0 spiro atoms. The van der Waals surface area contributed by atoms with Crippen LogP contribution >= 0.6 is 43.5 Å². The predicted octanol–water partition coefficient (Wildman–Crippen LogP) is 3.74. The molecule has 0 atom stereocenters. The monoisotopic (exact) mass is 438 g/mol. The van der Waals surface area contributed by atoms with E-state index in [1.165, 1.54) is 12.3 Å². The summed E-state index contributed by atoms with van der Waals surface area (Å²) in [5.74, 6) is 0. The Morgan fingerprint density at radius 3 is 2.55 bits per heavy atom. The van der Waals surface area contributed by atoms with Crippen LogP contribution in [-0.4, -0.2) is 13.4 Å². The highest BCUT2D eigenvalue weighted by Crippen LogP contribution is 2.23. The van der Waals surface area contributed by atoms with Crippen molar-refractivity contribution in [1.29, 1.82) is 0 Å². The Bertz CT molecular complexity index is 738. The lowest BCUT2D eigenvalue weighted by molar-refractivity contribution is 0.580. The Kier molecular flexibility index (Phi) is 5.19. The second-order valence-corrected chi connectivity index (χ2v) is 7.69. The molecular formula is C12H9Br2ClN2O2S. The first kappa shape index (κ1) is 15.9. The van der Waals surface area contributed by atoms with Crippen LogP contribution in [0.5, 0.6) is 0 Å². The van der Waals surface area contributed by atoms with E-state index in [0.717, 1.165) is 10.0 Å². The molecule has 0 aliphatic heterocycles. The van der Waals surface area contributed by atoms with E-state index in [9.17, 15) is 8.42 Å². The average molecular weight is 441 g/mol. The fourth-order valence-electron chi connectivity index (χ4n) is 1.45. The van der Waals surface area contributed by atoms with E-state index in [1.807, 2.05) is 24.3 Å². The molecule has 0 radical (unpaired) electrons. The van der Waals surface area contributed by atoms with Crippen LogP contribution in [0, 0.1) is 0 Å². The number of nitrogens with one attached hydrogen (secondary N) is 1. The zero-order chi connectivity index (χ0) is 14.8. The summed E-state index contributed by atoms with van der Waals surface area (Å²) in [6.45, 7) is 0.185. The van der Waals surface area contributed by atoms with Crippen molar-refractivity contribution in [2.75, 3.05) is 0 Å². The highest BCUT2D eigenvalue weighted by molar-refractivity contribution is 9.10. The summed E-state index contributed by atoms with van der Waals surface area (Å²) >= 11 is 12.3. The Labute approximate surface area is 138 Å². The van der Waals surface area contributed by atoms with Crippen molar-refractivity contribution < 1.29 is 8.42 Å². The van der Waals surface area contributed by atoms with E-state index in [4.69, 9.17) is 11.6 Å². The van der Waals surface area contributed by atoms with E-state index in [1.54, 1.807) is 0 Å². The summed E-state index contributed by atoms with van der Waals surface area (Å²) in [4.78, 5) is 3.86. The average Bonchev–Trinajstić information content (AvgIpc) is 2.41. The van der Waals surface area contributed by atoms with Crippen LogP contribution in [0.1, 0.15) is 5.56 Å². The SMILES string of the molecule is O=S(=O)(NCc1ccccc1Br)c1cnc(Cl)c(Br)c1. The molecule has 1 aromatic carbocycles. The molecule has 0 bridgehead atoms. The lowest BCUT2D eigenvalue weighted by Gasteiger charge is -2.08. The maximum absolute atomic E-state index is 12.1. The summed E-state index contributed by atoms with van der Waals surface area (Å²) in [6.07, 6.45) is 1.22. The van der Waals surface area contributed by atoms with E-state index in [0.29, 0.717) is 4.47 Å². The lowest BCUT2D eigenvalue weighted by Crippen LogP contribution is -2.23. The standard InChI is InChI=1S/C12H9Br2ClN2O2S/c13-10-4-2-1-3-8(10)6-17-20(18,19)9-5-11(14)12(15)16-7-9/h1-5,7,17H,6H2. The van der Waals surface area contributed by atoms with Crippen molar-refractivity contribution in [3.8, 4) is 0 Å². The molecule has 20 heavy (non-hydrogen) atoms. The van der Waals surface area contributed by atoms with E-state index >= 15 is 0 Å². The molecule has 0 amide bonds. The van der Waals surface area contributed by atoms with Gasteiger partial charge in [-0.1, -0.05) is 45.7 Å². The van der Waals surface area contributed by atoms with Gasteiger partial charge in [-0.05, 0) is 33.6 Å². The zero-order valence-corrected chi connectivity index (χ0v) is 14.7. The molecule has 0 saturated heterocycles. The highest BCUT2D eigenvalue weighted by Gasteiger charge is 2.16. The van der Waals surface area contributed by atoms with Crippen LogP contribution in [0.3, 0.4) is 0 Å². The summed E-state index contributed by atoms with van der Waals surface area (Å²) in [7, 11) is -3.64. The lowest BCUT2D eigenvalue weighted by atomic mass is 10.2. The molecule has 0 aliphatic carbocycles. The fraction of sp³-hybridized carbons (Fsp3) is 0.0833. The van der Waals surface area contributed by atoms with Crippen LogP contribution in [-0.2, 0) is 16.6 Å². The molecule has 0 fully saturated rings. The molecule has 106 valence electrons. The Hall–Kier alpha value is -0.470. The largest absolute Gasteiger partial charge is 0.242 e. The second-order valence-electron chi connectivity index (χ2n) is 3.86. The van der Waals surface area contributed by atoms with Gasteiger partial charge >= 0.3 is 0 Å². The first-order valence-electron chi connectivity index (χ1n) is 5.44.